The van der Waals surface area contributed by atoms with Gasteiger partial charge in [-0.1, -0.05) is 48.5 Å². The third kappa shape index (κ3) is 6.24. The highest BCUT2D eigenvalue weighted by Crippen LogP contribution is 2.20. The number of fused-ring (bicyclic) bond motifs is 1. The molecule has 1 aliphatic rings. The zero-order valence-corrected chi connectivity index (χ0v) is 19.3. The summed E-state index contributed by atoms with van der Waals surface area (Å²) in [7, 11) is -3.34. The smallest absolute Gasteiger partial charge is 0.257 e. The van der Waals surface area contributed by atoms with Crippen LogP contribution in [-0.4, -0.2) is 63.7 Å². The molecular formula is C25H29N3O4S. The maximum Gasteiger partial charge on any atom is 0.257 e. The van der Waals surface area contributed by atoms with Gasteiger partial charge >= 0.3 is 0 Å². The molecule has 1 N–H and O–H groups in total. The van der Waals surface area contributed by atoms with Crippen molar-refractivity contribution < 1.29 is 17.9 Å². The Kier molecular flexibility index (Phi) is 7.47. The van der Waals surface area contributed by atoms with E-state index in [9.17, 15) is 13.2 Å². The fraction of sp³-hybridized carbons (Fsp3) is 0.320. The SMILES string of the molecule is O=C(COc1ccc2ccccc2c1)NCCCS(=O)(=O)N1CCN(c2ccccc2)CC1. The Morgan fingerprint density at radius 2 is 1.58 bits per heavy atom. The van der Waals surface area contributed by atoms with Crippen LogP contribution >= 0.6 is 0 Å². The molecule has 1 fully saturated rings. The molecule has 4 rings (SSSR count). The van der Waals surface area contributed by atoms with Crippen molar-refractivity contribution in [2.75, 3.05) is 50.0 Å². The van der Waals surface area contributed by atoms with Crippen LogP contribution in [0.25, 0.3) is 10.8 Å². The van der Waals surface area contributed by atoms with Crippen molar-refractivity contribution in [3.05, 3.63) is 72.8 Å². The van der Waals surface area contributed by atoms with Crippen LogP contribution in [0.5, 0.6) is 5.75 Å². The topological polar surface area (TPSA) is 78.9 Å². The van der Waals surface area contributed by atoms with Gasteiger partial charge < -0.3 is 15.0 Å². The van der Waals surface area contributed by atoms with Gasteiger partial charge in [-0.05, 0) is 41.5 Å². The minimum atomic E-state index is -3.34. The Balaban J connectivity index is 1.15. The number of anilines is 1. The monoisotopic (exact) mass is 467 g/mol. The second-order valence-corrected chi connectivity index (χ2v) is 10.1. The molecule has 8 heteroatoms. The number of sulfonamides is 1. The maximum absolute atomic E-state index is 12.7. The van der Waals surface area contributed by atoms with Crippen LogP contribution in [0.3, 0.4) is 0 Å². The number of ether oxygens (including phenoxy) is 1. The lowest BCUT2D eigenvalue weighted by Gasteiger charge is -2.35. The highest BCUT2D eigenvalue weighted by molar-refractivity contribution is 7.89. The van der Waals surface area contributed by atoms with Crippen molar-refractivity contribution in [2.45, 2.75) is 6.42 Å². The molecule has 1 heterocycles. The minimum Gasteiger partial charge on any atom is -0.484 e. The van der Waals surface area contributed by atoms with Gasteiger partial charge in [-0.15, -0.1) is 0 Å². The number of amides is 1. The Morgan fingerprint density at radius 3 is 2.33 bits per heavy atom. The summed E-state index contributed by atoms with van der Waals surface area (Å²) in [5.41, 5.74) is 1.11. The summed E-state index contributed by atoms with van der Waals surface area (Å²) >= 11 is 0. The van der Waals surface area contributed by atoms with Gasteiger partial charge in [0.2, 0.25) is 10.0 Å². The van der Waals surface area contributed by atoms with E-state index in [1.54, 1.807) is 4.31 Å². The van der Waals surface area contributed by atoms with E-state index in [1.165, 1.54) is 0 Å². The van der Waals surface area contributed by atoms with E-state index >= 15 is 0 Å². The van der Waals surface area contributed by atoms with E-state index in [0.29, 0.717) is 44.9 Å². The first-order valence-electron chi connectivity index (χ1n) is 11.2. The van der Waals surface area contributed by atoms with E-state index < -0.39 is 10.0 Å². The van der Waals surface area contributed by atoms with Crippen molar-refractivity contribution in [3.8, 4) is 5.75 Å². The first kappa shape index (κ1) is 23.1. The number of carbonyl (C=O) groups excluding carboxylic acids is 1. The van der Waals surface area contributed by atoms with Crippen molar-refractivity contribution in [1.82, 2.24) is 9.62 Å². The van der Waals surface area contributed by atoms with E-state index in [2.05, 4.69) is 10.2 Å². The van der Waals surface area contributed by atoms with Crippen molar-refractivity contribution in [2.24, 2.45) is 0 Å². The quantitative estimate of drug-likeness (QED) is 0.490. The van der Waals surface area contributed by atoms with E-state index in [4.69, 9.17) is 4.74 Å². The molecule has 174 valence electrons. The first-order valence-corrected chi connectivity index (χ1v) is 12.8. The Labute approximate surface area is 195 Å². The second kappa shape index (κ2) is 10.7. The molecule has 0 saturated carbocycles. The van der Waals surface area contributed by atoms with Crippen LogP contribution in [0.15, 0.2) is 72.8 Å². The standard InChI is InChI=1S/C25H29N3O4S/c29-25(20-32-24-12-11-21-7-4-5-8-22(21)19-24)26-13-6-18-33(30,31)28-16-14-27(15-17-28)23-9-2-1-3-10-23/h1-5,7-12,19H,6,13-18,20H2,(H,26,29). The number of para-hydroxylation sites is 1. The molecule has 3 aromatic rings. The van der Waals surface area contributed by atoms with E-state index in [-0.39, 0.29) is 18.3 Å². The Hall–Kier alpha value is -3.10. The molecule has 1 aliphatic heterocycles. The molecule has 0 aliphatic carbocycles. The summed E-state index contributed by atoms with van der Waals surface area (Å²) in [5, 5.41) is 4.89. The van der Waals surface area contributed by atoms with Crippen LogP contribution in [0.2, 0.25) is 0 Å². The van der Waals surface area contributed by atoms with Crippen molar-refractivity contribution in [1.29, 1.82) is 0 Å². The highest BCUT2D eigenvalue weighted by Gasteiger charge is 2.26. The average Bonchev–Trinajstić information content (AvgIpc) is 2.86. The summed E-state index contributed by atoms with van der Waals surface area (Å²) in [4.78, 5) is 14.3. The Bertz CT molecular complexity index is 1180. The summed E-state index contributed by atoms with van der Waals surface area (Å²) in [6.45, 7) is 2.49. The number of nitrogens with one attached hydrogen (secondary N) is 1. The summed E-state index contributed by atoms with van der Waals surface area (Å²) in [5.74, 6) is 0.377. The van der Waals surface area contributed by atoms with Crippen LogP contribution in [0.4, 0.5) is 5.69 Å². The Morgan fingerprint density at radius 1 is 0.879 bits per heavy atom. The highest BCUT2D eigenvalue weighted by atomic mass is 32.2. The van der Waals surface area contributed by atoms with Gasteiger partial charge in [-0.25, -0.2) is 8.42 Å². The third-order valence-electron chi connectivity index (χ3n) is 5.75. The van der Waals surface area contributed by atoms with Crippen LogP contribution < -0.4 is 15.0 Å². The predicted molar refractivity (Wildman–Crippen MR) is 131 cm³/mol. The predicted octanol–water partition coefficient (Wildman–Crippen LogP) is 2.88. The van der Waals surface area contributed by atoms with Crippen LogP contribution in [0, 0.1) is 0 Å². The zero-order valence-electron chi connectivity index (χ0n) is 18.5. The number of hydrogen-bond donors (Lipinski definition) is 1. The molecule has 0 radical (unpaired) electrons. The lowest BCUT2D eigenvalue weighted by molar-refractivity contribution is -0.123. The van der Waals surface area contributed by atoms with E-state index in [1.807, 2.05) is 72.8 Å². The summed E-state index contributed by atoms with van der Waals surface area (Å²) in [6.07, 6.45) is 0.364. The zero-order chi connectivity index (χ0) is 23.1. The number of hydrogen-bond acceptors (Lipinski definition) is 5. The summed E-state index contributed by atoms with van der Waals surface area (Å²) < 4.78 is 32.4. The van der Waals surface area contributed by atoms with Gasteiger partial charge in [0, 0.05) is 38.4 Å². The molecule has 0 bridgehead atoms. The summed E-state index contributed by atoms with van der Waals surface area (Å²) in [6, 6.07) is 23.6. The fourth-order valence-corrected chi connectivity index (χ4v) is 5.42. The molecule has 1 saturated heterocycles. The number of nitrogens with zero attached hydrogens (tertiary/aromatic N) is 2. The minimum absolute atomic E-state index is 0.0180. The fourth-order valence-electron chi connectivity index (χ4n) is 3.93. The molecule has 7 nitrogen and oxygen atoms in total. The van der Waals surface area contributed by atoms with Crippen LogP contribution in [0.1, 0.15) is 6.42 Å². The molecule has 0 aromatic heterocycles. The lowest BCUT2D eigenvalue weighted by atomic mass is 10.1. The van der Waals surface area contributed by atoms with Gasteiger partial charge in [-0.3, -0.25) is 4.79 Å². The molecule has 1 amide bonds. The number of benzene rings is 3. The molecule has 33 heavy (non-hydrogen) atoms. The number of rotatable bonds is 9. The molecule has 0 spiro atoms. The number of carbonyl (C=O) groups is 1. The van der Waals surface area contributed by atoms with Gasteiger partial charge in [0.05, 0.1) is 5.75 Å². The lowest BCUT2D eigenvalue weighted by Crippen LogP contribution is -2.49. The molecule has 0 unspecified atom stereocenters. The first-order chi connectivity index (χ1) is 16.0. The second-order valence-electron chi connectivity index (χ2n) is 8.04. The molecule has 0 atom stereocenters. The average molecular weight is 468 g/mol. The van der Waals surface area contributed by atoms with Gasteiger partial charge in [-0.2, -0.15) is 4.31 Å². The van der Waals surface area contributed by atoms with E-state index in [0.717, 1.165) is 16.5 Å². The van der Waals surface area contributed by atoms with Crippen molar-refractivity contribution >= 4 is 32.4 Å². The molecule has 3 aromatic carbocycles. The normalized spacial score (nSPS) is 14.8. The van der Waals surface area contributed by atoms with Crippen molar-refractivity contribution in [3.63, 3.8) is 0 Å². The third-order valence-corrected chi connectivity index (χ3v) is 7.70. The van der Waals surface area contributed by atoms with Gasteiger partial charge in [0.15, 0.2) is 6.61 Å². The maximum atomic E-state index is 12.7. The van der Waals surface area contributed by atoms with Gasteiger partial charge in [0.1, 0.15) is 5.75 Å². The number of piperazine rings is 1. The van der Waals surface area contributed by atoms with Gasteiger partial charge in [0.25, 0.3) is 5.91 Å². The molecular weight excluding hydrogens is 438 g/mol. The largest absolute Gasteiger partial charge is 0.484 e. The van der Waals surface area contributed by atoms with Crippen LogP contribution in [-0.2, 0) is 14.8 Å².